The molecule has 0 aliphatic rings. The van der Waals surface area contributed by atoms with Crippen LogP contribution in [0.1, 0.15) is 0 Å². The second kappa shape index (κ2) is 4.59. The fraction of sp³-hybridized carbons (Fsp3) is 0.200. The van der Waals surface area contributed by atoms with E-state index in [1.165, 1.54) is 11.3 Å². The minimum atomic E-state index is 0.000437. The van der Waals surface area contributed by atoms with Gasteiger partial charge in [0.05, 0.1) is 11.7 Å². The summed E-state index contributed by atoms with van der Waals surface area (Å²) in [6.45, 7) is 0.518. The quantitative estimate of drug-likeness (QED) is 0.609. The van der Waals surface area contributed by atoms with Gasteiger partial charge >= 0.3 is 0 Å². The lowest BCUT2D eigenvalue weighted by atomic mass is 10.4. The molecule has 0 aliphatic carbocycles. The number of allylic oxidation sites excluding steroid dienone is 2. The second-order valence-corrected chi connectivity index (χ2v) is 4.17. The number of hydrogen-bond donors (Lipinski definition) is 0. The number of halogens is 1. The Labute approximate surface area is 95.6 Å². The number of nitrogens with zero attached hydrogens (tertiary/aromatic N) is 2. The van der Waals surface area contributed by atoms with Crippen molar-refractivity contribution in [3.05, 3.63) is 40.3 Å². The Morgan fingerprint density at radius 3 is 3.20 bits per heavy atom. The first-order valence-electron chi connectivity index (χ1n) is 4.46. The summed E-state index contributed by atoms with van der Waals surface area (Å²) >= 11 is 6.97. The summed E-state index contributed by atoms with van der Waals surface area (Å²) in [6, 6.07) is 1.80. The maximum absolute atomic E-state index is 11.8. The molecular formula is C10H9ClN2OS. The first-order valence-corrected chi connectivity index (χ1v) is 5.88. The second-order valence-electron chi connectivity index (χ2n) is 2.97. The molecule has 0 atom stereocenters. The van der Waals surface area contributed by atoms with E-state index in [0.717, 1.165) is 4.83 Å². The molecule has 2 aromatic heterocycles. The van der Waals surface area contributed by atoms with Crippen LogP contribution in [-0.2, 0) is 6.54 Å². The largest absolute Gasteiger partial charge is 0.295 e. The van der Waals surface area contributed by atoms with Crippen molar-refractivity contribution in [2.45, 2.75) is 6.54 Å². The van der Waals surface area contributed by atoms with Gasteiger partial charge in [-0.15, -0.1) is 22.9 Å². The Bertz CT molecular complexity index is 544. The Kier molecular flexibility index (Phi) is 3.18. The highest BCUT2D eigenvalue weighted by Gasteiger charge is 2.02. The average Bonchev–Trinajstić information content (AvgIpc) is 2.70. The van der Waals surface area contributed by atoms with E-state index in [4.69, 9.17) is 11.6 Å². The summed E-state index contributed by atoms with van der Waals surface area (Å²) < 4.78 is 1.57. The average molecular weight is 241 g/mol. The zero-order chi connectivity index (χ0) is 10.7. The van der Waals surface area contributed by atoms with Gasteiger partial charge in [-0.2, -0.15) is 0 Å². The van der Waals surface area contributed by atoms with Crippen molar-refractivity contribution >= 4 is 33.2 Å². The molecule has 0 saturated carbocycles. The van der Waals surface area contributed by atoms with Gasteiger partial charge in [0.1, 0.15) is 4.83 Å². The highest BCUT2D eigenvalue weighted by Crippen LogP contribution is 2.13. The van der Waals surface area contributed by atoms with E-state index in [1.54, 1.807) is 17.0 Å². The molecule has 0 amide bonds. The Morgan fingerprint density at radius 2 is 2.40 bits per heavy atom. The SMILES string of the molecule is O=c1c2ccsc2ncn1CC=CCCl. The standard InChI is InChI=1S/C10H9ClN2OS/c11-4-1-2-5-13-7-12-9-8(10(13)14)3-6-15-9/h1-3,6-7H,4-5H2. The first kappa shape index (κ1) is 10.4. The first-order chi connectivity index (χ1) is 7.33. The molecule has 0 aliphatic heterocycles. The van der Waals surface area contributed by atoms with Crippen LogP contribution < -0.4 is 5.56 Å². The zero-order valence-electron chi connectivity index (χ0n) is 7.89. The van der Waals surface area contributed by atoms with Gasteiger partial charge in [-0.25, -0.2) is 4.98 Å². The monoisotopic (exact) mass is 240 g/mol. The van der Waals surface area contributed by atoms with Crippen LogP contribution in [-0.4, -0.2) is 15.4 Å². The number of rotatable bonds is 3. The van der Waals surface area contributed by atoms with Gasteiger partial charge in [-0.1, -0.05) is 12.2 Å². The van der Waals surface area contributed by atoms with Crippen LogP contribution in [0.25, 0.3) is 10.2 Å². The minimum Gasteiger partial charge on any atom is -0.295 e. The number of alkyl halides is 1. The highest BCUT2D eigenvalue weighted by atomic mass is 35.5. The van der Waals surface area contributed by atoms with E-state index in [2.05, 4.69) is 4.98 Å². The van der Waals surface area contributed by atoms with Crippen molar-refractivity contribution in [1.82, 2.24) is 9.55 Å². The minimum absolute atomic E-state index is 0.000437. The number of aromatic nitrogens is 2. The lowest BCUT2D eigenvalue weighted by molar-refractivity contribution is 0.767. The van der Waals surface area contributed by atoms with Crippen LogP contribution in [0, 0.1) is 0 Å². The molecule has 3 nitrogen and oxygen atoms in total. The van der Waals surface area contributed by atoms with Crippen molar-refractivity contribution < 1.29 is 0 Å². The van der Waals surface area contributed by atoms with E-state index in [9.17, 15) is 4.79 Å². The lowest BCUT2D eigenvalue weighted by Gasteiger charge is -1.99. The molecule has 0 fully saturated rings. The molecule has 0 bridgehead atoms. The van der Waals surface area contributed by atoms with Crippen LogP contribution in [0.3, 0.4) is 0 Å². The predicted molar refractivity (Wildman–Crippen MR) is 63.7 cm³/mol. The van der Waals surface area contributed by atoms with Crippen LogP contribution in [0.5, 0.6) is 0 Å². The summed E-state index contributed by atoms with van der Waals surface area (Å²) in [6.07, 6.45) is 5.24. The third-order valence-electron chi connectivity index (χ3n) is 2.01. The van der Waals surface area contributed by atoms with Crippen molar-refractivity contribution in [3.63, 3.8) is 0 Å². The molecule has 0 N–H and O–H groups in total. The Hall–Kier alpha value is -1.13. The van der Waals surface area contributed by atoms with Gasteiger partial charge in [-0.3, -0.25) is 9.36 Å². The fourth-order valence-electron chi connectivity index (χ4n) is 1.27. The summed E-state index contributed by atoms with van der Waals surface area (Å²) in [5, 5.41) is 2.56. The topological polar surface area (TPSA) is 34.9 Å². The summed E-state index contributed by atoms with van der Waals surface area (Å²) in [7, 11) is 0. The number of hydrogen-bond acceptors (Lipinski definition) is 3. The van der Waals surface area contributed by atoms with Crippen LogP contribution in [0.4, 0.5) is 0 Å². The summed E-state index contributed by atoms with van der Waals surface area (Å²) in [5.41, 5.74) is 0.000437. The van der Waals surface area contributed by atoms with Gasteiger partial charge in [0, 0.05) is 12.4 Å². The molecule has 0 saturated heterocycles. The third-order valence-corrected chi connectivity index (χ3v) is 3.01. The molecule has 2 rings (SSSR count). The summed E-state index contributed by atoms with van der Waals surface area (Å²) in [5.74, 6) is 0.461. The number of thiophene rings is 1. The van der Waals surface area contributed by atoms with Gasteiger partial charge in [-0.05, 0) is 11.4 Å². The van der Waals surface area contributed by atoms with E-state index in [-0.39, 0.29) is 5.56 Å². The van der Waals surface area contributed by atoms with Gasteiger partial charge in [0.15, 0.2) is 0 Å². The molecular weight excluding hydrogens is 232 g/mol. The Morgan fingerprint density at radius 1 is 1.53 bits per heavy atom. The van der Waals surface area contributed by atoms with Crippen LogP contribution in [0.2, 0.25) is 0 Å². The van der Waals surface area contributed by atoms with Gasteiger partial charge in [0.25, 0.3) is 5.56 Å². The Balaban J connectivity index is 2.40. The van der Waals surface area contributed by atoms with Crippen molar-refractivity contribution in [2.75, 3.05) is 5.88 Å². The molecule has 15 heavy (non-hydrogen) atoms. The maximum Gasteiger partial charge on any atom is 0.262 e. The van der Waals surface area contributed by atoms with Crippen molar-refractivity contribution in [3.8, 4) is 0 Å². The summed E-state index contributed by atoms with van der Waals surface area (Å²) in [4.78, 5) is 16.8. The molecule has 2 heterocycles. The number of fused-ring (bicyclic) bond motifs is 1. The molecule has 78 valence electrons. The molecule has 2 aromatic rings. The van der Waals surface area contributed by atoms with Crippen LogP contribution in [0.15, 0.2) is 34.7 Å². The van der Waals surface area contributed by atoms with E-state index in [1.807, 2.05) is 17.5 Å². The van der Waals surface area contributed by atoms with E-state index in [0.29, 0.717) is 17.8 Å². The fourth-order valence-corrected chi connectivity index (χ4v) is 2.12. The smallest absolute Gasteiger partial charge is 0.262 e. The zero-order valence-corrected chi connectivity index (χ0v) is 9.46. The molecule has 0 spiro atoms. The van der Waals surface area contributed by atoms with E-state index >= 15 is 0 Å². The highest BCUT2D eigenvalue weighted by molar-refractivity contribution is 7.16. The lowest BCUT2D eigenvalue weighted by Crippen LogP contribution is -2.19. The van der Waals surface area contributed by atoms with Crippen molar-refractivity contribution in [1.29, 1.82) is 0 Å². The molecule has 0 unspecified atom stereocenters. The normalized spacial score (nSPS) is 11.5. The molecule has 5 heteroatoms. The molecule has 0 aromatic carbocycles. The van der Waals surface area contributed by atoms with Gasteiger partial charge in [0.2, 0.25) is 0 Å². The van der Waals surface area contributed by atoms with Gasteiger partial charge < -0.3 is 0 Å². The van der Waals surface area contributed by atoms with Crippen molar-refractivity contribution in [2.24, 2.45) is 0 Å². The third kappa shape index (κ3) is 2.11. The van der Waals surface area contributed by atoms with E-state index < -0.39 is 0 Å². The maximum atomic E-state index is 11.8. The van der Waals surface area contributed by atoms with Crippen LogP contribution >= 0.6 is 22.9 Å². The predicted octanol–water partition coefficient (Wildman–Crippen LogP) is 2.25. The molecule has 0 radical (unpaired) electrons.